The zero-order valence-corrected chi connectivity index (χ0v) is 12.1. The molecule has 4 rings (SSSR count). The van der Waals surface area contributed by atoms with Crippen LogP contribution >= 0.6 is 11.8 Å². The van der Waals surface area contributed by atoms with Crippen molar-refractivity contribution in [2.45, 2.75) is 11.8 Å². The molecule has 2 aromatic rings. The summed E-state index contributed by atoms with van der Waals surface area (Å²) in [5.41, 5.74) is 4.47. The van der Waals surface area contributed by atoms with E-state index in [1.807, 2.05) is 34.9 Å². The molecule has 2 aliphatic heterocycles. The highest BCUT2D eigenvalue weighted by molar-refractivity contribution is 8.00. The van der Waals surface area contributed by atoms with Crippen molar-refractivity contribution >= 4 is 17.7 Å². The summed E-state index contributed by atoms with van der Waals surface area (Å²) in [6.45, 7) is 2.93. The van der Waals surface area contributed by atoms with Crippen LogP contribution in [0.4, 0.5) is 0 Å². The van der Waals surface area contributed by atoms with Gasteiger partial charge in [0.15, 0.2) is 0 Å². The van der Waals surface area contributed by atoms with Gasteiger partial charge in [-0.05, 0) is 18.6 Å². The molecular weight excluding hydrogens is 266 g/mol. The smallest absolute Gasteiger partial charge is 0.255 e. The van der Waals surface area contributed by atoms with Crippen LogP contribution in [0.25, 0.3) is 0 Å². The van der Waals surface area contributed by atoms with E-state index in [0.717, 1.165) is 23.4 Å². The number of carbonyl (C=O) groups is 1. The molecule has 1 atom stereocenters. The Morgan fingerprint density at radius 3 is 2.85 bits per heavy atom. The lowest BCUT2D eigenvalue weighted by Gasteiger charge is -2.32. The molecule has 0 aromatic heterocycles. The monoisotopic (exact) mass is 281 g/mol. The topological polar surface area (TPSA) is 20.3 Å². The van der Waals surface area contributed by atoms with Gasteiger partial charge < -0.3 is 4.90 Å². The number of benzene rings is 2. The highest BCUT2D eigenvalue weighted by Gasteiger charge is 2.54. The highest BCUT2D eigenvalue weighted by Crippen LogP contribution is 2.55. The van der Waals surface area contributed by atoms with E-state index in [1.165, 1.54) is 11.1 Å². The Hall–Kier alpha value is -1.74. The SMILES string of the molecule is Cc1cccc([C@@]23SCCN2C(=O)c2ccccc23)c1. The standard InChI is InChI=1S/C17H15NOS/c1-12-5-4-6-13(11-12)17-15-8-3-2-7-14(15)16(19)18(17)9-10-20-17/h2-8,11H,9-10H2,1H3/t17-/m0/s1. The molecule has 1 fully saturated rings. The molecule has 0 bridgehead atoms. The van der Waals surface area contributed by atoms with Crippen LogP contribution in [0.2, 0.25) is 0 Å². The number of fused-ring (bicyclic) bond motifs is 3. The first kappa shape index (κ1) is 12.0. The molecule has 1 saturated heterocycles. The van der Waals surface area contributed by atoms with Gasteiger partial charge in [-0.15, -0.1) is 11.8 Å². The summed E-state index contributed by atoms with van der Waals surface area (Å²) >= 11 is 1.87. The molecule has 0 aliphatic carbocycles. The predicted octanol–water partition coefficient (Wildman–Crippen LogP) is 3.40. The van der Waals surface area contributed by atoms with Gasteiger partial charge in [0, 0.05) is 23.4 Å². The summed E-state index contributed by atoms with van der Waals surface area (Å²) in [5, 5.41) is 0. The molecule has 0 saturated carbocycles. The quantitative estimate of drug-likeness (QED) is 0.798. The number of carbonyl (C=O) groups excluding carboxylic acids is 1. The number of amides is 1. The number of nitrogens with zero attached hydrogens (tertiary/aromatic N) is 1. The van der Waals surface area contributed by atoms with E-state index < -0.39 is 0 Å². The number of aryl methyl sites for hydroxylation is 1. The summed E-state index contributed by atoms with van der Waals surface area (Å²) in [7, 11) is 0. The van der Waals surface area contributed by atoms with Crippen LogP contribution in [0.5, 0.6) is 0 Å². The molecule has 0 radical (unpaired) electrons. The Kier molecular flexibility index (Phi) is 2.48. The summed E-state index contributed by atoms with van der Waals surface area (Å²) in [6.07, 6.45) is 0. The van der Waals surface area contributed by atoms with Gasteiger partial charge in [-0.3, -0.25) is 4.79 Å². The third kappa shape index (κ3) is 1.39. The van der Waals surface area contributed by atoms with Crippen LogP contribution in [0.3, 0.4) is 0 Å². The van der Waals surface area contributed by atoms with E-state index in [9.17, 15) is 4.79 Å². The number of thioether (sulfide) groups is 1. The summed E-state index contributed by atoms with van der Waals surface area (Å²) < 4.78 is 0. The zero-order valence-electron chi connectivity index (χ0n) is 11.3. The van der Waals surface area contributed by atoms with E-state index in [-0.39, 0.29) is 10.8 Å². The van der Waals surface area contributed by atoms with E-state index in [4.69, 9.17) is 0 Å². The molecule has 2 aliphatic rings. The van der Waals surface area contributed by atoms with E-state index in [2.05, 4.69) is 37.3 Å². The third-order valence-corrected chi connectivity index (χ3v) is 5.66. The summed E-state index contributed by atoms with van der Waals surface area (Å²) in [5.74, 6) is 1.17. The van der Waals surface area contributed by atoms with Crippen molar-refractivity contribution < 1.29 is 4.79 Å². The molecule has 2 heterocycles. The van der Waals surface area contributed by atoms with Crippen LogP contribution in [0, 0.1) is 6.92 Å². The Morgan fingerprint density at radius 2 is 2.00 bits per heavy atom. The van der Waals surface area contributed by atoms with Crippen molar-refractivity contribution in [1.82, 2.24) is 4.90 Å². The second-order valence-electron chi connectivity index (χ2n) is 5.36. The van der Waals surface area contributed by atoms with E-state index in [1.54, 1.807) is 0 Å². The van der Waals surface area contributed by atoms with Crippen molar-refractivity contribution in [2.75, 3.05) is 12.3 Å². The molecular formula is C17H15NOS. The first-order valence-corrected chi connectivity index (χ1v) is 7.84. The van der Waals surface area contributed by atoms with Crippen molar-refractivity contribution in [3.8, 4) is 0 Å². The highest BCUT2D eigenvalue weighted by atomic mass is 32.2. The number of hydrogen-bond acceptors (Lipinski definition) is 2. The Balaban J connectivity index is 2.01. The van der Waals surface area contributed by atoms with Crippen LogP contribution in [0.1, 0.15) is 27.0 Å². The summed E-state index contributed by atoms with van der Waals surface area (Å²) in [4.78, 5) is 14.4. The predicted molar refractivity (Wildman–Crippen MR) is 81.9 cm³/mol. The molecule has 0 unspecified atom stereocenters. The lowest BCUT2D eigenvalue weighted by Crippen LogP contribution is -2.37. The Labute approximate surface area is 122 Å². The first-order valence-electron chi connectivity index (χ1n) is 6.86. The minimum absolute atomic E-state index is 0.173. The molecule has 0 N–H and O–H groups in total. The van der Waals surface area contributed by atoms with Gasteiger partial charge in [0.1, 0.15) is 4.87 Å². The minimum atomic E-state index is -0.306. The van der Waals surface area contributed by atoms with Crippen LogP contribution in [-0.2, 0) is 4.87 Å². The van der Waals surface area contributed by atoms with Crippen LogP contribution < -0.4 is 0 Å². The fourth-order valence-corrected chi connectivity index (χ4v) is 4.88. The first-order chi connectivity index (χ1) is 9.73. The number of rotatable bonds is 1. The molecule has 1 amide bonds. The second-order valence-corrected chi connectivity index (χ2v) is 6.65. The molecule has 0 spiro atoms. The van der Waals surface area contributed by atoms with Crippen LogP contribution in [0.15, 0.2) is 48.5 Å². The van der Waals surface area contributed by atoms with Crippen molar-refractivity contribution in [3.63, 3.8) is 0 Å². The van der Waals surface area contributed by atoms with Gasteiger partial charge in [-0.2, -0.15) is 0 Å². The Morgan fingerprint density at radius 1 is 1.15 bits per heavy atom. The van der Waals surface area contributed by atoms with E-state index in [0.29, 0.717) is 0 Å². The fraction of sp³-hybridized carbons (Fsp3) is 0.235. The van der Waals surface area contributed by atoms with Gasteiger partial charge in [-0.25, -0.2) is 0 Å². The number of hydrogen-bond donors (Lipinski definition) is 0. The van der Waals surface area contributed by atoms with Gasteiger partial charge in [-0.1, -0.05) is 48.0 Å². The van der Waals surface area contributed by atoms with Crippen molar-refractivity contribution in [2.24, 2.45) is 0 Å². The fourth-order valence-electron chi connectivity index (χ4n) is 3.35. The molecule has 2 nitrogen and oxygen atoms in total. The molecule has 100 valence electrons. The summed E-state index contributed by atoms with van der Waals surface area (Å²) in [6, 6.07) is 16.6. The van der Waals surface area contributed by atoms with E-state index >= 15 is 0 Å². The van der Waals surface area contributed by atoms with Crippen molar-refractivity contribution in [1.29, 1.82) is 0 Å². The normalized spacial score (nSPS) is 23.9. The van der Waals surface area contributed by atoms with Gasteiger partial charge >= 0.3 is 0 Å². The maximum atomic E-state index is 12.7. The average Bonchev–Trinajstić information content (AvgIpc) is 3.00. The van der Waals surface area contributed by atoms with Crippen molar-refractivity contribution in [3.05, 3.63) is 70.8 Å². The van der Waals surface area contributed by atoms with Gasteiger partial charge in [0.05, 0.1) is 0 Å². The van der Waals surface area contributed by atoms with Gasteiger partial charge in [0.25, 0.3) is 5.91 Å². The largest absolute Gasteiger partial charge is 0.315 e. The lowest BCUT2D eigenvalue weighted by atomic mass is 9.96. The molecule has 20 heavy (non-hydrogen) atoms. The second kappa shape index (κ2) is 4.13. The minimum Gasteiger partial charge on any atom is -0.315 e. The zero-order chi connectivity index (χ0) is 13.7. The lowest BCUT2D eigenvalue weighted by molar-refractivity contribution is 0.0752. The maximum Gasteiger partial charge on any atom is 0.255 e. The third-order valence-electron chi connectivity index (χ3n) is 4.18. The average molecular weight is 281 g/mol. The Bertz CT molecular complexity index is 712. The van der Waals surface area contributed by atoms with Crippen LogP contribution in [-0.4, -0.2) is 23.1 Å². The van der Waals surface area contributed by atoms with Gasteiger partial charge in [0.2, 0.25) is 0 Å². The maximum absolute atomic E-state index is 12.7. The molecule has 2 aromatic carbocycles. The molecule has 3 heteroatoms.